The molecule has 5 nitrogen and oxygen atoms in total. The van der Waals surface area contributed by atoms with E-state index in [0.717, 1.165) is 23.8 Å². The van der Waals surface area contributed by atoms with Crippen molar-refractivity contribution in [3.63, 3.8) is 0 Å². The van der Waals surface area contributed by atoms with Crippen LogP contribution >= 0.6 is 23.3 Å². The predicted octanol–water partition coefficient (Wildman–Crippen LogP) is 1.15. The SMILES string of the molecule is CC1SCCN(Cc2nnsc2NN)C1C. The van der Waals surface area contributed by atoms with E-state index in [0.29, 0.717) is 11.3 Å². The normalized spacial score (nSPS) is 26.9. The van der Waals surface area contributed by atoms with E-state index in [-0.39, 0.29) is 0 Å². The Bertz CT molecular complexity index is 342. The average molecular weight is 259 g/mol. The van der Waals surface area contributed by atoms with E-state index in [1.54, 1.807) is 0 Å². The molecule has 90 valence electrons. The van der Waals surface area contributed by atoms with Crippen LogP contribution in [0.25, 0.3) is 0 Å². The van der Waals surface area contributed by atoms with E-state index in [1.807, 2.05) is 11.8 Å². The van der Waals surface area contributed by atoms with Gasteiger partial charge < -0.3 is 5.43 Å². The summed E-state index contributed by atoms with van der Waals surface area (Å²) >= 11 is 3.35. The van der Waals surface area contributed by atoms with E-state index in [9.17, 15) is 0 Å². The number of hydrogen-bond acceptors (Lipinski definition) is 7. The fourth-order valence-electron chi connectivity index (χ4n) is 1.83. The molecule has 2 unspecified atom stereocenters. The van der Waals surface area contributed by atoms with E-state index in [1.165, 1.54) is 17.3 Å². The molecule has 1 aliphatic heterocycles. The minimum absolute atomic E-state index is 0.575. The number of thioether (sulfide) groups is 1. The highest BCUT2D eigenvalue weighted by Gasteiger charge is 2.26. The molecule has 2 rings (SSSR count). The lowest BCUT2D eigenvalue weighted by Crippen LogP contribution is -2.44. The Balaban J connectivity index is 2.03. The maximum absolute atomic E-state index is 5.42. The van der Waals surface area contributed by atoms with Gasteiger partial charge in [-0.15, -0.1) is 5.10 Å². The molecular formula is C9H17N5S2. The molecule has 1 aliphatic rings. The van der Waals surface area contributed by atoms with Gasteiger partial charge in [0.2, 0.25) is 0 Å². The summed E-state index contributed by atoms with van der Waals surface area (Å²) in [4.78, 5) is 2.44. The molecule has 7 heteroatoms. The van der Waals surface area contributed by atoms with Crippen molar-refractivity contribution < 1.29 is 0 Å². The van der Waals surface area contributed by atoms with Gasteiger partial charge in [-0.25, -0.2) is 5.84 Å². The summed E-state index contributed by atoms with van der Waals surface area (Å²) in [6.07, 6.45) is 0. The van der Waals surface area contributed by atoms with Crippen LogP contribution in [0.3, 0.4) is 0 Å². The van der Waals surface area contributed by atoms with Crippen molar-refractivity contribution in [2.75, 3.05) is 17.7 Å². The molecule has 1 aromatic heterocycles. The molecule has 0 spiro atoms. The zero-order valence-electron chi connectivity index (χ0n) is 9.51. The molecule has 1 fully saturated rings. The predicted molar refractivity (Wildman–Crippen MR) is 69.5 cm³/mol. The molecule has 2 atom stereocenters. The third kappa shape index (κ3) is 2.48. The molecular weight excluding hydrogens is 242 g/mol. The minimum Gasteiger partial charge on any atom is -0.313 e. The van der Waals surface area contributed by atoms with E-state index >= 15 is 0 Å². The van der Waals surface area contributed by atoms with Crippen LogP contribution in [-0.2, 0) is 6.54 Å². The summed E-state index contributed by atoms with van der Waals surface area (Å²) in [5.74, 6) is 6.61. The summed E-state index contributed by atoms with van der Waals surface area (Å²) in [7, 11) is 0. The number of rotatable bonds is 3. The number of nitrogens with one attached hydrogen (secondary N) is 1. The van der Waals surface area contributed by atoms with Crippen LogP contribution < -0.4 is 11.3 Å². The first-order valence-electron chi connectivity index (χ1n) is 5.36. The molecule has 1 saturated heterocycles. The molecule has 1 aromatic rings. The van der Waals surface area contributed by atoms with Crippen molar-refractivity contribution in [2.24, 2.45) is 5.84 Å². The van der Waals surface area contributed by atoms with Gasteiger partial charge >= 0.3 is 0 Å². The van der Waals surface area contributed by atoms with Gasteiger partial charge in [0.15, 0.2) is 0 Å². The molecule has 0 aromatic carbocycles. The highest BCUT2D eigenvalue weighted by Crippen LogP contribution is 2.27. The number of hydrogen-bond donors (Lipinski definition) is 2. The standard InChI is InChI=1S/C9H17N5S2/c1-6-7(2)15-4-3-14(6)5-8-9(11-10)16-13-12-8/h6-7,11H,3-5,10H2,1-2H3. The Hall–Kier alpha value is -0.370. The maximum atomic E-state index is 5.42. The van der Waals surface area contributed by atoms with Crippen molar-refractivity contribution >= 4 is 28.3 Å². The summed E-state index contributed by atoms with van der Waals surface area (Å²) in [6, 6.07) is 0.575. The van der Waals surface area contributed by atoms with Crippen LogP contribution in [0, 0.1) is 0 Å². The first kappa shape index (κ1) is 12.1. The molecule has 0 bridgehead atoms. The van der Waals surface area contributed by atoms with Gasteiger partial charge in [-0.05, 0) is 6.92 Å². The van der Waals surface area contributed by atoms with Crippen molar-refractivity contribution in [2.45, 2.75) is 31.7 Å². The number of nitrogens with zero attached hydrogens (tertiary/aromatic N) is 3. The minimum atomic E-state index is 0.575. The second-order valence-electron chi connectivity index (χ2n) is 3.98. The van der Waals surface area contributed by atoms with Crippen LogP contribution in [-0.4, -0.2) is 38.1 Å². The fraction of sp³-hybridized carbons (Fsp3) is 0.778. The lowest BCUT2D eigenvalue weighted by molar-refractivity contribution is 0.202. The van der Waals surface area contributed by atoms with Gasteiger partial charge in [0.1, 0.15) is 10.7 Å². The second kappa shape index (κ2) is 5.31. The number of anilines is 1. The van der Waals surface area contributed by atoms with Crippen LogP contribution in [0.5, 0.6) is 0 Å². The van der Waals surface area contributed by atoms with Crippen molar-refractivity contribution in [3.05, 3.63) is 5.69 Å². The van der Waals surface area contributed by atoms with E-state index < -0.39 is 0 Å². The van der Waals surface area contributed by atoms with Gasteiger partial charge in [-0.2, -0.15) is 11.8 Å². The first-order chi connectivity index (χ1) is 7.72. The van der Waals surface area contributed by atoms with Gasteiger partial charge in [-0.1, -0.05) is 11.4 Å². The zero-order valence-corrected chi connectivity index (χ0v) is 11.1. The first-order valence-corrected chi connectivity index (χ1v) is 7.18. The molecule has 2 heterocycles. The Morgan fingerprint density at radius 3 is 3.12 bits per heavy atom. The van der Waals surface area contributed by atoms with Crippen molar-refractivity contribution in [1.82, 2.24) is 14.5 Å². The molecule has 0 saturated carbocycles. The van der Waals surface area contributed by atoms with Gasteiger partial charge in [0.25, 0.3) is 0 Å². The van der Waals surface area contributed by atoms with E-state index in [2.05, 4.69) is 33.8 Å². The third-order valence-corrected chi connectivity index (χ3v) is 5.09. The lowest BCUT2D eigenvalue weighted by Gasteiger charge is -2.37. The average Bonchev–Trinajstić information content (AvgIpc) is 2.72. The van der Waals surface area contributed by atoms with Crippen molar-refractivity contribution in [1.29, 1.82) is 0 Å². The monoisotopic (exact) mass is 259 g/mol. The maximum Gasteiger partial charge on any atom is 0.148 e. The molecule has 16 heavy (non-hydrogen) atoms. The number of nitrogens with two attached hydrogens (primary N) is 1. The van der Waals surface area contributed by atoms with E-state index in [4.69, 9.17) is 5.84 Å². The smallest absolute Gasteiger partial charge is 0.148 e. The topological polar surface area (TPSA) is 67.1 Å². The zero-order chi connectivity index (χ0) is 11.5. The van der Waals surface area contributed by atoms with Gasteiger partial charge in [0, 0.05) is 41.7 Å². The number of hydrazine groups is 1. The fourth-order valence-corrected chi connectivity index (χ4v) is 3.48. The highest BCUT2D eigenvalue weighted by atomic mass is 32.2. The number of nitrogen functional groups attached to an aromatic ring is 1. The Labute approximate surface area is 104 Å². The Morgan fingerprint density at radius 1 is 1.56 bits per heavy atom. The second-order valence-corrected chi connectivity index (χ2v) is 6.22. The van der Waals surface area contributed by atoms with Gasteiger partial charge in [0.05, 0.1) is 0 Å². The highest BCUT2D eigenvalue weighted by molar-refractivity contribution is 8.00. The third-order valence-electron chi connectivity index (χ3n) is 3.05. The molecule has 0 amide bonds. The largest absolute Gasteiger partial charge is 0.313 e. The molecule has 0 aliphatic carbocycles. The lowest BCUT2D eigenvalue weighted by atomic mass is 10.2. The van der Waals surface area contributed by atoms with Crippen LogP contribution in [0.4, 0.5) is 5.00 Å². The van der Waals surface area contributed by atoms with Crippen molar-refractivity contribution in [3.8, 4) is 0 Å². The quantitative estimate of drug-likeness (QED) is 0.627. The molecule has 0 radical (unpaired) electrons. The van der Waals surface area contributed by atoms with Crippen LogP contribution in [0.1, 0.15) is 19.5 Å². The molecule has 3 N–H and O–H groups in total. The summed E-state index contributed by atoms with van der Waals surface area (Å²) in [6.45, 7) is 6.49. The van der Waals surface area contributed by atoms with Crippen LogP contribution in [0.2, 0.25) is 0 Å². The number of aromatic nitrogens is 2. The van der Waals surface area contributed by atoms with Gasteiger partial charge in [-0.3, -0.25) is 4.90 Å². The Morgan fingerprint density at radius 2 is 2.38 bits per heavy atom. The summed E-state index contributed by atoms with van der Waals surface area (Å²) in [5, 5.41) is 5.67. The van der Waals surface area contributed by atoms with Crippen LogP contribution in [0.15, 0.2) is 0 Å². The Kier molecular flexibility index (Phi) is 4.01. The summed E-state index contributed by atoms with van der Waals surface area (Å²) < 4.78 is 3.92. The summed E-state index contributed by atoms with van der Waals surface area (Å²) in [5.41, 5.74) is 3.61.